The van der Waals surface area contributed by atoms with E-state index in [1.54, 1.807) is 12.1 Å². The molecular weight excluding hydrogens is 450 g/mol. The molecule has 0 saturated heterocycles. The molecule has 3 aromatic carbocycles. The average Bonchev–Trinajstić information content (AvgIpc) is 2.86. The van der Waals surface area contributed by atoms with Gasteiger partial charge in [-0.25, -0.2) is 8.42 Å². The highest BCUT2D eigenvalue weighted by molar-refractivity contribution is 7.89. The predicted octanol–water partition coefficient (Wildman–Crippen LogP) is 3.19. The Morgan fingerprint density at radius 3 is 2.26 bits per heavy atom. The van der Waals surface area contributed by atoms with Crippen LogP contribution in [0.5, 0.6) is 5.75 Å². The molecule has 1 aliphatic heterocycles. The van der Waals surface area contributed by atoms with Crippen LogP contribution in [0.3, 0.4) is 0 Å². The lowest BCUT2D eigenvalue weighted by Crippen LogP contribution is -2.52. The van der Waals surface area contributed by atoms with E-state index in [-0.39, 0.29) is 17.3 Å². The number of sulfonamides is 1. The van der Waals surface area contributed by atoms with E-state index in [1.807, 2.05) is 67.5 Å². The van der Waals surface area contributed by atoms with Gasteiger partial charge in [0.15, 0.2) is 0 Å². The maximum Gasteiger partial charge on any atom is 0.244 e. The first-order valence-corrected chi connectivity index (χ1v) is 12.5. The molecule has 0 saturated carbocycles. The van der Waals surface area contributed by atoms with Gasteiger partial charge in [0.1, 0.15) is 11.8 Å². The normalized spacial score (nSPS) is 15.9. The molecule has 178 valence electrons. The lowest BCUT2D eigenvalue weighted by Gasteiger charge is -2.35. The minimum absolute atomic E-state index is 0.129. The molecule has 0 spiro atoms. The molecule has 0 bridgehead atoms. The number of nitrogens with zero attached hydrogens (tertiary/aromatic N) is 2. The van der Waals surface area contributed by atoms with Crippen LogP contribution in [0, 0.1) is 0 Å². The zero-order valence-corrected chi connectivity index (χ0v) is 20.4. The van der Waals surface area contributed by atoms with Gasteiger partial charge in [-0.05, 0) is 59.5 Å². The summed E-state index contributed by atoms with van der Waals surface area (Å²) in [5, 5.41) is 2.94. The highest BCUT2D eigenvalue weighted by Gasteiger charge is 2.39. The Morgan fingerprint density at radius 1 is 1.00 bits per heavy atom. The van der Waals surface area contributed by atoms with E-state index in [0.29, 0.717) is 18.7 Å². The van der Waals surface area contributed by atoms with Crippen molar-refractivity contribution in [2.24, 2.45) is 0 Å². The number of fused-ring (bicyclic) bond motifs is 1. The fraction of sp³-hybridized carbons (Fsp3) is 0.269. The van der Waals surface area contributed by atoms with Gasteiger partial charge in [-0.3, -0.25) is 4.79 Å². The van der Waals surface area contributed by atoms with Crippen molar-refractivity contribution in [1.29, 1.82) is 0 Å². The standard InChI is InChI=1S/C26H29N3O4S/c1-28(2)22-10-8-19(9-11-22)17-27-26(30)25-16-20-6-4-5-7-21(20)18-29(25)34(31,32)24-14-12-23(33-3)13-15-24/h4-15,25H,16-18H2,1-3H3,(H,27,30)/t25-/m1/s1. The number of ether oxygens (including phenoxy) is 1. The average molecular weight is 480 g/mol. The molecule has 0 radical (unpaired) electrons. The van der Waals surface area contributed by atoms with E-state index in [4.69, 9.17) is 4.74 Å². The first-order chi connectivity index (χ1) is 16.3. The molecule has 0 aliphatic carbocycles. The molecule has 0 fully saturated rings. The summed E-state index contributed by atoms with van der Waals surface area (Å²) in [6, 6.07) is 20.9. The number of anilines is 1. The molecule has 8 heteroatoms. The van der Waals surface area contributed by atoms with Gasteiger partial charge in [-0.1, -0.05) is 36.4 Å². The number of rotatable bonds is 7. The number of nitrogens with one attached hydrogen (secondary N) is 1. The summed E-state index contributed by atoms with van der Waals surface area (Å²) in [6.07, 6.45) is 0.316. The van der Waals surface area contributed by atoms with E-state index < -0.39 is 16.1 Å². The minimum Gasteiger partial charge on any atom is -0.497 e. The summed E-state index contributed by atoms with van der Waals surface area (Å²) in [5.74, 6) is 0.251. The molecular formula is C26H29N3O4S. The van der Waals surface area contributed by atoms with E-state index in [2.05, 4.69) is 5.32 Å². The maximum absolute atomic E-state index is 13.6. The highest BCUT2D eigenvalue weighted by atomic mass is 32.2. The van der Waals surface area contributed by atoms with Crippen LogP contribution in [0.1, 0.15) is 16.7 Å². The largest absolute Gasteiger partial charge is 0.497 e. The van der Waals surface area contributed by atoms with Crippen LogP contribution in [-0.2, 0) is 34.3 Å². The first kappa shape index (κ1) is 23.8. The number of carbonyl (C=O) groups excluding carboxylic acids is 1. The molecule has 7 nitrogen and oxygen atoms in total. The summed E-state index contributed by atoms with van der Waals surface area (Å²) < 4.78 is 33.6. The Balaban J connectivity index is 1.59. The van der Waals surface area contributed by atoms with Crippen LogP contribution in [-0.4, -0.2) is 45.9 Å². The Hall–Kier alpha value is -3.36. The molecule has 1 atom stereocenters. The number of carbonyl (C=O) groups is 1. The second kappa shape index (κ2) is 9.87. The lowest BCUT2D eigenvalue weighted by atomic mass is 9.95. The van der Waals surface area contributed by atoms with Crippen molar-refractivity contribution in [1.82, 2.24) is 9.62 Å². The van der Waals surface area contributed by atoms with Crippen molar-refractivity contribution in [2.45, 2.75) is 30.4 Å². The third-order valence-electron chi connectivity index (χ3n) is 6.09. The first-order valence-electron chi connectivity index (χ1n) is 11.1. The Morgan fingerprint density at radius 2 is 1.65 bits per heavy atom. The van der Waals surface area contributed by atoms with Gasteiger partial charge in [-0.15, -0.1) is 0 Å². The van der Waals surface area contributed by atoms with Crippen LogP contribution < -0.4 is 15.0 Å². The third kappa shape index (κ3) is 4.93. The van der Waals surface area contributed by atoms with Crippen molar-refractivity contribution < 1.29 is 17.9 Å². The molecule has 1 aliphatic rings. The van der Waals surface area contributed by atoms with Gasteiger partial charge < -0.3 is 15.0 Å². The number of hydrogen-bond acceptors (Lipinski definition) is 5. The fourth-order valence-electron chi connectivity index (χ4n) is 4.08. The van der Waals surface area contributed by atoms with Gasteiger partial charge in [0.25, 0.3) is 0 Å². The van der Waals surface area contributed by atoms with E-state index in [9.17, 15) is 13.2 Å². The van der Waals surface area contributed by atoms with Gasteiger partial charge in [0, 0.05) is 32.9 Å². The van der Waals surface area contributed by atoms with Crippen molar-refractivity contribution in [3.05, 3.63) is 89.5 Å². The second-order valence-electron chi connectivity index (χ2n) is 8.49. The molecule has 0 unspecified atom stereocenters. The van der Waals surface area contributed by atoms with Crippen LogP contribution in [0.25, 0.3) is 0 Å². The van der Waals surface area contributed by atoms with Crippen molar-refractivity contribution >= 4 is 21.6 Å². The summed E-state index contributed by atoms with van der Waals surface area (Å²) >= 11 is 0. The molecule has 4 rings (SSSR count). The topological polar surface area (TPSA) is 79.0 Å². The van der Waals surface area contributed by atoms with Crippen LogP contribution in [0.4, 0.5) is 5.69 Å². The van der Waals surface area contributed by atoms with Gasteiger partial charge in [0.05, 0.1) is 12.0 Å². The van der Waals surface area contributed by atoms with Crippen molar-refractivity contribution in [3.8, 4) is 5.75 Å². The van der Waals surface area contributed by atoms with Gasteiger partial charge >= 0.3 is 0 Å². The second-order valence-corrected chi connectivity index (χ2v) is 10.4. The number of amides is 1. The molecule has 34 heavy (non-hydrogen) atoms. The smallest absolute Gasteiger partial charge is 0.244 e. The fourth-order valence-corrected chi connectivity index (χ4v) is 5.64. The number of hydrogen-bond donors (Lipinski definition) is 1. The van der Waals surface area contributed by atoms with E-state index >= 15 is 0 Å². The Labute approximate surface area is 201 Å². The SMILES string of the molecule is COc1ccc(S(=O)(=O)N2Cc3ccccc3C[C@@H]2C(=O)NCc2ccc(N(C)C)cc2)cc1. The van der Waals surface area contributed by atoms with E-state index in [1.165, 1.54) is 23.5 Å². The Kier molecular flexibility index (Phi) is 6.90. The number of methoxy groups -OCH3 is 1. The predicted molar refractivity (Wildman–Crippen MR) is 132 cm³/mol. The van der Waals surface area contributed by atoms with Crippen LogP contribution >= 0.6 is 0 Å². The lowest BCUT2D eigenvalue weighted by molar-refractivity contribution is -0.125. The zero-order chi connectivity index (χ0) is 24.3. The summed E-state index contributed by atoms with van der Waals surface area (Å²) in [7, 11) is 1.55. The summed E-state index contributed by atoms with van der Waals surface area (Å²) in [4.78, 5) is 15.4. The van der Waals surface area contributed by atoms with Crippen LogP contribution in [0.15, 0.2) is 77.7 Å². The monoisotopic (exact) mass is 479 g/mol. The molecule has 1 amide bonds. The minimum atomic E-state index is -3.91. The summed E-state index contributed by atoms with van der Waals surface area (Å²) in [5.41, 5.74) is 3.90. The maximum atomic E-state index is 13.6. The highest BCUT2D eigenvalue weighted by Crippen LogP contribution is 2.30. The van der Waals surface area contributed by atoms with Crippen molar-refractivity contribution in [2.75, 3.05) is 26.1 Å². The molecule has 3 aromatic rings. The van der Waals surface area contributed by atoms with E-state index in [0.717, 1.165) is 22.4 Å². The summed E-state index contributed by atoms with van der Waals surface area (Å²) in [6.45, 7) is 0.460. The Bertz CT molecular complexity index is 1260. The third-order valence-corrected chi connectivity index (χ3v) is 7.96. The van der Waals surface area contributed by atoms with Crippen molar-refractivity contribution in [3.63, 3.8) is 0 Å². The molecule has 1 heterocycles. The number of benzene rings is 3. The van der Waals surface area contributed by atoms with Crippen LogP contribution in [0.2, 0.25) is 0 Å². The van der Waals surface area contributed by atoms with Gasteiger partial charge in [-0.2, -0.15) is 4.31 Å². The van der Waals surface area contributed by atoms with Gasteiger partial charge in [0.2, 0.25) is 15.9 Å². The zero-order valence-electron chi connectivity index (χ0n) is 19.6. The molecule has 1 N–H and O–H groups in total. The quantitative estimate of drug-likeness (QED) is 0.563. The molecule has 0 aromatic heterocycles.